The molecule has 0 radical (unpaired) electrons. The molecular formula is C13H16F2N2O3. The fourth-order valence-corrected chi connectivity index (χ4v) is 1.37. The molecule has 1 unspecified atom stereocenters. The summed E-state index contributed by atoms with van der Waals surface area (Å²) in [6.45, 7) is 3.17. The van der Waals surface area contributed by atoms with E-state index in [1.165, 1.54) is 0 Å². The lowest BCUT2D eigenvalue weighted by atomic mass is 10.1. The molecule has 0 saturated carbocycles. The van der Waals surface area contributed by atoms with Gasteiger partial charge in [0.25, 0.3) is 5.91 Å². The lowest BCUT2D eigenvalue weighted by molar-refractivity contribution is -0.124. The summed E-state index contributed by atoms with van der Waals surface area (Å²) in [5.74, 6) is -3.83. The summed E-state index contributed by atoms with van der Waals surface area (Å²) < 4.78 is 30.6. The van der Waals surface area contributed by atoms with Crippen LogP contribution in [0.3, 0.4) is 0 Å². The molecule has 0 aromatic heterocycles. The van der Waals surface area contributed by atoms with E-state index < -0.39 is 30.1 Å². The Kier molecular flexibility index (Phi) is 5.42. The van der Waals surface area contributed by atoms with Crippen molar-refractivity contribution in [3.63, 3.8) is 0 Å². The second kappa shape index (κ2) is 6.83. The summed E-state index contributed by atoms with van der Waals surface area (Å²) >= 11 is 0. The van der Waals surface area contributed by atoms with Gasteiger partial charge < -0.3 is 15.8 Å². The first-order chi connectivity index (χ1) is 9.35. The highest BCUT2D eigenvalue weighted by molar-refractivity contribution is 5.96. The van der Waals surface area contributed by atoms with Crippen LogP contribution in [0, 0.1) is 11.6 Å². The number of carbonyl (C=O) groups excluding carboxylic acids is 2. The third kappa shape index (κ3) is 4.18. The van der Waals surface area contributed by atoms with Crippen LogP contribution in [0.5, 0.6) is 0 Å². The number of ether oxygens (including phenoxy) is 1. The molecule has 5 nitrogen and oxygen atoms in total. The highest BCUT2D eigenvalue weighted by Gasteiger charge is 2.17. The van der Waals surface area contributed by atoms with E-state index in [9.17, 15) is 18.4 Å². The predicted octanol–water partition coefficient (Wildman–Crippen LogP) is 1.62. The van der Waals surface area contributed by atoms with Gasteiger partial charge in [-0.05, 0) is 19.4 Å². The molecule has 0 fully saturated rings. The van der Waals surface area contributed by atoms with Gasteiger partial charge in [0.15, 0.2) is 18.2 Å². The summed E-state index contributed by atoms with van der Waals surface area (Å²) in [6, 6.07) is 1.28. The zero-order valence-electron chi connectivity index (χ0n) is 11.2. The lowest BCUT2D eigenvalue weighted by Gasteiger charge is -2.12. The number of nitrogens with two attached hydrogens (primary N) is 1. The number of anilines is 1. The van der Waals surface area contributed by atoms with Gasteiger partial charge in [0, 0.05) is 17.8 Å². The molecule has 0 saturated heterocycles. The maximum atomic E-state index is 13.0. The largest absolute Gasteiger partial charge is 0.452 e. The number of carbonyl (C=O) groups is 2. The molecule has 0 bridgehead atoms. The molecule has 1 aromatic rings. The quantitative estimate of drug-likeness (QED) is 0.636. The minimum absolute atomic E-state index is 0.0467. The summed E-state index contributed by atoms with van der Waals surface area (Å²) in [7, 11) is 0. The van der Waals surface area contributed by atoms with Gasteiger partial charge in [-0.3, -0.25) is 4.79 Å². The highest BCUT2D eigenvalue weighted by Crippen LogP contribution is 2.17. The van der Waals surface area contributed by atoms with Crippen molar-refractivity contribution in [3.8, 4) is 0 Å². The second-order valence-electron chi connectivity index (χ2n) is 4.31. The fraction of sp³-hybridized carbons (Fsp3) is 0.385. The fourth-order valence-electron chi connectivity index (χ4n) is 1.37. The van der Waals surface area contributed by atoms with Gasteiger partial charge in [-0.15, -0.1) is 0 Å². The SMILES string of the molecule is CCC(C)NC(=O)COC(=O)c1cc(F)c(F)cc1N. The van der Waals surface area contributed by atoms with Crippen LogP contribution in [-0.2, 0) is 9.53 Å². The van der Waals surface area contributed by atoms with Gasteiger partial charge in [-0.2, -0.15) is 0 Å². The molecule has 1 aromatic carbocycles. The molecule has 3 N–H and O–H groups in total. The number of nitrogens with one attached hydrogen (secondary N) is 1. The minimum atomic E-state index is -1.21. The van der Waals surface area contributed by atoms with Crippen LogP contribution in [0.4, 0.5) is 14.5 Å². The molecule has 0 heterocycles. The van der Waals surface area contributed by atoms with E-state index >= 15 is 0 Å². The molecule has 1 atom stereocenters. The van der Waals surface area contributed by atoms with Gasteiger partial charge >= 0.3 is 5.97 Å². The Labute approximate surface area is 115 Å². The van der Waals surface area contributed by atoms with Crippen LogP contribution in [0.1, 0.15) is 30.6 Å². The number of benzene rings is 1. The normalized spacial score (nSPS) is 11.8. The number of rotatable bonds is 5. The molecule has 1 amide bonds. The number of nitrogen functional groups attached to an aromatic ring is 1. The molecule has 110 valence electrons. The molecule has 0 aliphatic carbocycles. The summed E-state index contributed by atoms with van der Waals surface area (Å²) in [5.41, 5.74) is 4.82. The third-order valence-electron chi connectivity index (χ3n) is 2.67. The minimum Gasteiger partial charge on any atom is -0.452 e. The second-order valence-corrected chi connectivity index (χ2v) is 4.31. The Balaban J connectivity index is 2.64. The summed E-state index contributed by atoms with van der Waals surface area (Å²) in [5, 5.41) is 2.59. The zero-order valence-corrected chi connectivity index (χ0v) is 11.2. The Bertz CT molecular complexity index is 521. The van der Waals surface area contributed by atoms with Crippen molar-refractivity contribution in [2.45, 2.75) is 26.3 Å². The molecule has 1 rings (SSSR count). The molecule has 20 heavy (non-hydrogen) atoms. The maximum absolute atomic E-state index is 13.0. The average Bonchev–Trinajstić information content (AvgIpc) is 2.40. The molecule has 0 aliphatic rings. The summed E-state index contributed by atoms with van der Waals surface area (Å²) in [6.07, 6.45) is 0.732. The van der Waals surface area contributed by atoms with E-state index in [0.717, 1.165) is 6.42 Å². The van der Waals surface area contributed by atoms with Crippen LogP contribution < -0.4 is 11.1 Å². The third-order valence-corrected chi connectivity index (χ3v) is 2.67. The van der Waals surface area contributed by atoms with E-state index in [-0.39, 0.29) is 17.3 Å². The van der Waals surface area contributed by atoms with Crippen LogP contribution in [-0.4, -0.2) is 24.5 Å². The van der Waals surface area contributed by atoms with E-state index in [0.29, 0.717) is 12.1 Å². The Morgan fingerprint density at radius 3 is 2.55 bits per heavy atom. The smallest absolute Gasteiger partial charge is 0.340 e. The first kappa shape index (κ1) is 15.9. The summed E-state index contributed by atoms with van der Waals surface area (Å²) in [4.78, 5) is 23.0. The Hall–Kier alpha value is -2.18. The van der Waals surface area contributed by atoms with Crippen molar-refractivity contribution in [2.24, 2.45) is 0 Å². The molecule has 0 spiro atoms. The lowest BCUT2D eigenvalue weighted by Crippen LogP contribution is -2.35. The molecule has 0 aliphatic heterocycles. The van der Waals surface area contributed by atoms with Crippen molar-refractivity contribution < 1.29 is 23.1 Å². The van der Waals surface area contributed by atoms with Crippen LogP contribution in [0.25, 0.3) is 0 Å². The highest BCUT2D eigenvalue weighted by atomic mass is 19.2. The standard InChI is InChI=1S/C13H16F2N2O3/c1-3-7(2)17-12(18)6-20-13(19)8-4-9(14)10(15)5-11(8)16/h4-5,7H,3,6,16H2,1-2H3,(H,17,18). The van der Waals surface area contributed by atoms with E-state index in [1.54, 1.807) is 6.92 Å². The van der Waals surface area contributed by atoms with E-state index in [2.05, 4.69) is 5.32 Å². The van der Waals surface area contributed by atoms with Gasteiger partial charge in [0.1, 0.15) is 0 Å². The maximum Gasteiger partial charge on any atom is 0.340 e. The average molecular weight is 286 g/mol. The van der Waals surface area contributed by atoms with Crippen LogP contribution in [0.15, 0.2) is 12.1 Å². The van der Waals surface area contributed by atoms with Gasteiger partial charge in [0.2, 0.25) is 0 Å². The van der Waals surface area contributed by atoms with Crippen molar-refractivity contribution in [1.29, 1.82) is 0 Å². The van der Waals surface area contributed by atoms with Crippen molar-refractivity contribution in [3.05, 3.63) is 29.3 Å². The number of hydrogen-bond donors (Lipinski definition) is 2. The van der Waals surface area contributed by atoms with E-state index in [4.69, 9.17) is 10.5 Å². The first-order valence-corrected chi connectivity index (χ1v) is 6.06. The Morgan fingerprint density at radius 1 is 1.35 bits per heavy atom. The number of esters is 1. The van der Waals surface area contributed by atoms with Crippen molar-refractivity contribution >= 4 is 17.6 Å². The van der Waals surface area contributed by atoms with Crippen molar-refractivity contribution in [1.82, 2.24) is 5.32 Å². The van der Waals surface area contributed by atoms with Crippen LogP contribution in [0.2, 0.25) is 0 Å². The Morgan fingerprint density at radius 2 is 1.95 bits per heavy atom. The van der Waals surface area contributed by atoms with E-state index in [1.807, 2.05) is 6.92 Å². The monoisotopic (exact) mass is 286 g/mol. The topological polar surface area (TPSA) is 81.4 Å². The zero-order chi connectivity index (χ0) is 15.3. The van der Waals surface area contributed by atoms with Gasteiger partial charge in [-0.25, -0.2) is 13.6 Å². The van der Waals surface area contributed by atoms with Gasteiger partial charge in [-0.1, -0.05) is 6.92 Å². The molecule has 7 heteroatoms. The number of amides is 1. The number of hydrogen-bond acceptors (Lipinski definition) is 4. The number of halogens is 2. The van der Waals surface area contributed by atoms with Crippen molar-refractivity contribution in [2.75, 3.05) is 12.3 Å². The molecular weight excluding hydrogens is 270 g/mol. The predicted molar refractivity (Wildman–Crippen MR) is 68.9 cm³/mol. The van der Waals surface area contributed by atoms with Gasteiger partial charge in [0.05, 0.1) is 5.56 Å². The van der Waals surface area contributed by atoms with Crippen LogP contribution >= 0.6 is 0 Å². The first-order valence-electron chi connectivity index (χ1n) is 6.06.